The Morgan fingerprint density at radius 1 is 1.27 bits per heavy atom. The Morgan fingerprint density at radius 2 is 2.00 bits per heavy atom. The second-order valence-corrected chi connectivity index (χ2v) is 4.11. The van der Waals surface area contributed by atoms with Crippen molar-refractivity contribution in [1.29, 1.82) is 0 Å². The Labute approximate surface area is 92.9 Å². The fraction of sp³-hybridized carbons (Fsp3) is 0.615. The maximum Gasteiger partial charge on any atom is 0.0447 e. The lowest BCUT2D eigenvalue weighted by Gasteiger charge is -2.19. The maximum atomic E-state index is 5.82. The zero-order valence-electron chi connectivity index (χ0n) is 9.82. The van der Waals surface area contributed by atoms with E-state index >= 15 is 0 Å². The van der Waals surface area contributed by atoms with Crippen molar-refractivity contribution < 1.29 is 0 Å². The monoisotopic (exact) mass is 206 g/mol. The molecule has 1 atom stereocenters. The van der Waals surface area contributed by atoms with Crippen LogP contribution >= 0.6 is 0 Å². The van der Waals surface area contributed by atoms with Gasteiger partial charge in [-0.2, -0.15) is 0 Å². The second kappa shape index (κ2) is 6.57. The van der Waals surface area contributed by atoms with E-state index in [2.05, 4.69) is 24.9 Å². The highest BCUT2D eigenvalue weighted by Crippen LogP contribution is 2.24. The molecule has 0 amide bonds. The van der Waals surface area contributed by atoms with E-state index in [0.29, 0.717) is 12.5 Å². The standard InChI is InChI=1S/C13H22N2/c1-3-11(4-2)9-12(10-14)13-7-5-6-8-15-13/h5-8,11-12H,3-4,9-10,14H2,1-2H3/t12-/m1/s1. The minimum atomic E-state index is 0.427. The molecule has 2 heteroatoms. The summed E-state index contributed by atoms with van der Waals surface area (Å²) in [6, 6.07) is 6.08. The lowest BCUT2D eigenvalue weighted by molar-refractivity contribution is 0.409. The van der Waals surface area contributed by atoms with Crippen LogP contribution in [0.15, 0.2) is 24.4 Å². The van der Waals surface area contributed by atoms with Crippen LogP contribution in [0.2, 0.25) is 0 Å². The van der Waals surface area contributed by atoms with Crippen molar-refractivity contribution in [2.24, 2.45) is 11.7 Å². The van der Waals surface area contributed by atoms with Gasteiger partial charge in [0, 0.05) is 24.4 Å². The zero-order chi connectivity index (χ0) is 11.1. The van der Waals surface area contributed by atoms with Crippen LogP contribution in [0, 0.1) is 5.92 Å². The number of rotatable bonds is 6. The molecule has 2 nitrogen and oxygen atoms in total. The summed E-state index contributed by atoms with van der Waals surface area (Å²) in [7, 11) is 0. The molecule has 84 valence electrons. The Kier molecular flexibility index (Phi) is 5.33. The number of nitrogens with two attached hydrogens (primary N) is 1. The van der Waals surface area contributed by atoms with Gasteiger partial charge >= 0.3 is 0 Å². The average Bonchev–Trinajstić information content (AvgIpc) is 2.32. The van der Waals surface area contributed by atoms with Crippen molar-refractivity contribution in [3.8, 4) is 0 Å². The molecule has 0 aliphatic heterocycles. The van der Waals surface area contributed by atoms with Crippen molar-refractivity contribution in [3.63, 3.8) is 0 Å². The molecule has 1 rings (SSSR count). The molecule has 0 bridgehead atoms. The summed E-state index contributed by atoms with van der Waals surface area (Å²) in [5.41, 5.74) is 6.97. The highest BCUT2D eigenvalue weighted by molar-refractivity contribution is 5.10. The first-order chi connectivity index (χ1) is 7.31. The predicted octanol–water partition coefficient (Wildman–Crippen LogP) is 2.95. The Balaban J connectivity index is 2.64. The molecule has 0 aliphatic carbocycles. The van der Waals surface area contributed by atoms with Gasteiger partial charge in [-0.05, 0) is 24.5 Å². The van der Waals surface area contributed by atoms with Crippen LogP contribution in [0.25, 0.3) is 0 Å². The maximum absolute atomic E-state index is 5.82. The summed E-state index contributed by atoms with van der Waals surface area (Å²) in [6.45, 7) is 5.20. The van der Waals surface area contributed by atoms with E-state index in [1.165, 1.54) is 19.3 Å². The quantitative estimate of drug-likeness (QED) is 0.777. The molecule has 0 saturated carbocycles. The van der Waals surface area contributed by atoms with Gasteiger partial charge in [0.05, 0.1) is 0 Å². The average molecular weight is 206 g/mol. The van der Waals surface area contributed by atoms with Gasteiger partial charge in [0.2, 0.25) is 0 Å². The van der Waals surface area contributed by atoms with Crippen LogP contribution in [0.5, 0.6) is 0 Å². The molecule has 0 radical (unpaired) electrons. The molecule has 1 heterocycles. The number of pyridine rings is 1. The largest absolute Gasteiger partial charge is 0.330 e. The van der Waals surface area contributed by atoms with Crippen molar-refractivity contribution in [2.75, 3.05) is 6.54 Å². The van der Waals surface area contributed by atoms with Crippen LogP contribution in [0.1, 0.15) is 44.7 Å². The van der Waals surface area contributed by atoms with Crippen LogP contribution < -0.4 is 5.73 Å². The Morgan fingerprint density at radius 3 is 2.47 bits per heavy atom. The first kappa shape index (κ1) is 12.2. The molecule has 15 heavy (non-hydrogen) atoms. The van der Waals surface area contributed by atoms with E-state index in [0.717, 1.165) is 11.6 Å². The zero-order valence-corrected chi connectivity index (χ0v) is 9.82. The van der Waals surface area contributed by atoms with E-state index in [-0.39, 0.29) is 0 Å². The van der Waals surface area contributed by atoms with Crippen LogP contribution in [-0.4, -0.2) is 11.5 Å². The molecule has 0 spiro atoms. The number of hydrogen-bond donors (Lipinski definition) is 1. The minimum Gasteiger partial charge on any atom is -0.330 e. The summed E-state index contributed by atoms with van der Waals surface area (Å²) >= 11 is 0. The lowest BCUT2D eigenvalue weighted by atomic mass is 9.88. The van der Waals surface area contributed by atoms with Gasteiger partial charge < -0.3 is 5.73 Å². The highest BCUT2D eigenvalue weighted by atomic mass is 14.7. The van der Waals surface area contributed by atoms with Gasteiger partial charge in [-0.15, -0.1) is 0 Å². The fourth-order valence-corrected chi connectivity index (χ4v) is 1.98. The molecule has 1 aromatic heterocycles. The fourth-order valence-electron chi connectivity index (χ4n) is 1.98. The number of aromatic nitrogens is 1. The van der Waals surface area contributed by atoms with Crippen LogP contribution in [0.3, 0.4) is 0 Å². The first-order valence-corrected chi connectivity index (χ1v) is 5.92. The SMILES string of the molecule is CCC(CC)C[C@H](CN)c1ccccn1. The Bertz CT molecular complexity index is 254. The van der Waals surface area contributed by atoms with Crippen molar-refractivity contribution in [2.45, 2.75) is 39.0 Å². The van der Waals surface area contributed by atoms with Gasteiger partial charge in [-0.25, -0.2) is 0 Å². The number of hydrogen-bond acceptors (Lipinski definition) is 2. The highest BCUT2D eigenvalue weighted by Gasteiger charge is 2.15. The van der Waals surface area contributed by atoms with E-state index in [9.17, 15) is 0 Å². The van der Waals surface area contributed by atoms with Crippen LogP contribution in [-0.2, 0) is 0 Å². The molecule has 0 fully saturated rings. The summed E-state index contributed by atoms with van der Waals surface area (Å²) in [5.74, 6) is 1.21. The predicted molar refractivity (Wildman–Crippen MR) is 64.7 cm³/mol. The molecular weight excluding hydrogens is 184 g/mol. The molecule has 1 aromatic rings. The normalized spacial score (nSPS) is 13.1. The molecule has 0 unspecified atom stereocenters. The third-order valence-electron chi connectivity index (χ3n) is 3.16. The minimum absolute atomic E-state index is 0.427. The van der Waals surface area contributed by atoms with E-state index < -0.39 is 0 Å². The lowest BCUT2D eigenvalue weighted by Crippen LogP contribution is -2.17. The van der Waals surface area contributed by atoms with Gasteiger partial charge in [-0.3, -0.25) is 4.98 Å². The van der Waals surface area contributed by atoms with E-state index in [1.54, 1.807) is 0 Å². The third-order valence-corrected chi connectivity index (χ3v) is 3.16. The number of nitrogens with zero attached hydrogens (tertiary/aromatic N) is 1. The van der Waals surface area contributed by atoms with E-state index in [1.807, 2.05) is 18.3 Å². The second-order valence-electron chi connectivity index (χ2n) is 4.11. The molecule has 0 saturated heterocycles. The molecule has 0 aliphatic rings. The third kappa shape index (κ3) is 3.63. The van der Waals surface area contributed by atoms with Gasteiger partial charge in [-0.1, -0.05) is 32.8 Å². The summed E-state index contributed by atoms with van der Waals surface area (Å²) in [4.78, 5) is 4.39. The molecule has 2 N–H and O–H groups in total. The Hall–Kier alpha value is -0.890. The first-order valence-electron chi connectivity index (χ1n) is 5.92. The summed E-state index contributed by atoms with van der Waals surface area (Å²) < 4.78 is 0. The topological polar surface area (TPSA) is 38.9 Å². The van der Waals surface area contributed by atoms with Crippen molar-refractivity contribution in [1.82, 2.24) is 4.98 Å². The summed E-state index contributed by atoms with van der Waals surface area (Å²) in [5, 5.41) is 0. The van der Waals surface area contributed by atoms with Crippen LogP contribution in [0.4, 0.5) is 0 Å². The van der Waals surface area contributed by atoms with Gasteiger partial charge in [0.25, 0.3) is 0 Å². The molecular formula is C13H22N2. The van der Waals surface area contributed by atoms with E-state index in [4.69, 9.17) is 5.73 Å². The van der Waals surface area contributed by atoms with Crippen molar-refractivity contribution >= 4 is 0 Å². The summed E-state index contributed by atoms with van der Waals surface area (Å²) in [6.07, 6.45) is 5.49. The molecule has 0 aromatic carbocycles. The van der Waals surface area contributed by atoms with Gasteiger partial charge in [0.1, 0.15) is 0 Å². The van der Waals surface area contributed by atoms with Crippen molar-refractivity contribution in [3.05, 3.63) is 30.1 Å². The van der Waals surface area contributed by atoms with Gasteiger partial charge in [0.15, 0.2) is 0 Å². The smallest absolute Gasteiger partial charge is 0.0447 e.